The molecule has 5 nitrogen and oxygen atoms in total. The van der Waals surface area contributed by atoms with E-state index in [1.807, 2.05) is 30.5 Å². The van der Waals surface area contributed by atoms with Crippen molar-refractivity contribution in [2.75, 3.05) is 13.1 Å². The molecule has 6 heteroatoms. The first-order valence-electron chi connectivity index (χ1n) is 7.46. The van der Waals surface area contributed by atoms with E-state index < -0.39 is 0 Å². The fourth-order valence-electron chi connectivity index (χ4n) is 2.60. The lowest BCUT2D eigenvalue weighted by atomic mass is 10.2. The highest BCUT2D eigenvalue weighted by atomic mass is 79.9. The van der Waals surface area contributed by atoms with Gasteiger partial charge in [-0.25, -0.2) is 4.98 Å². The topological polar surface area (TPSA) is 50.2 Å². The maximum Gasteiger partial charge on any atom is 0.271 e. The average Bonchev–Trinajstić information content (AvgIpc) is 2.95. The number of likely N-dealkylation sites (N-methyl/N-ethyl adjacent to an activating group) is 1. The van der Waals surface area contributed by atoms with Crippen LogP contribution in [0, 0.1) is 0 Å². The van der Waals surface area contributed by atoms with Crippen molar-refractivity contribution in [2.45, 2.75) is 26.6 Å². The number of carbonyl (C=O) groups excluding carboxylic acids is 1. The first kappa shape index (κ1) is 15.2. The van der Waals surface area contributed by atoms with Gasteiger partial charge in [0.05, 0.1) is 6.54 Å². The third-order valence-electron chi connectivity index (χ3n) is 3.90. The van der Waals surface area contributed by atoms with Gasteiger partial charge in [0.2, 0.25) is 0 Å². The highest BCUT2D eigenvalue weighted by Crippen LogP contribution is 2.13. The second-order valence-corrected chi connectivity index (χ2v) is 6.33. The molecule has 0 bridgehead atoms. The summed E-state index contributed by atoms with van der Waals surface area (Å²) in [5.74, 6) is 0.852. The Balaban J connectivity index is 1.65. The molecule has 0 radical (unpaired) electrons. The predicted molar refractivity (Wildman–Crippen MR) is 88.5 cm³/mol. The number of amides is 1. The molecule has 0 spiro atoms. The van der Waals surface area contributed by atoms with E-state index in [0.717, 1.165) is 42.0 Å². The zero-order valence-electron chi connectivity index (χ0n) is 12.6. The highest BCUT2D eigenvalue weighted by Gasteiger charge is 2.19. The van der Waals surface area contributed by atoms with Crippen molar-refractivity contribution < 1.29 is 4.79 Å². The smallest absolute Gasteiger partial charge is 0.271 e. The number of imidazole rings is 1. The Morgan fingerprint density at radius 1 is 1.41 bits per heavy atom. The second-order valence-electron chi connectivity index (χ2n) is 5.42. The molecule has 3 rings (SSSR count). The number of benzene rings is 1. The highest BCUT2D eigenvalue weighted by molar-refractivity contribution is 9.10. The molecule has 1 aliphatic rings. The molecule has 116 valence electrons. The summed E-state index contributed by atoms with van der Waals surface area (Å²) in [5.41, 5.74) is 1.56. The maximum atomic E-state index is 12.3. The lowest BCUT2D eigenvalue weighted by Gasteiger charge is -2.25. The van der Waals surface area contributed by atoms with E-state index in [1.54, 1.807) is 0 Å². The molecule has 0 saturated carbocycles. The van der Waals surface area contributed by atoms with Gasteiger partial charge in [-0.3, -0.25) is 9.69 Å². The summed E-state index contributed by atoms with van der Waals surface area (Å²) in [6, 6.07) is 7.91. The minimum atomic E-state index is -0.120. The van der Waals surface area contributed by atoms with Crippen molar-refractivity contribution in [3.05, 3.63) is 52.0 Å². The molecule has 0 atom stereocenters. The molecule has 2 aromatic rings. The van der Waals surface area contributed by atoms with Crippen molar-refractivity contribution in [1.82, 2.24) is 19.8 Å². The molecule has 22 heavy (non-hydrogen) atoms. The summed E-state index contributed by atoms with van der Waals surface area (Å²) in [6.07, 6.45) is 1.86. The molecule has 1 aromatic carbocycles. The summed E-state index contributed by atoms with van der Waals surface area (Å²) in [7, 11) is 0. The quantitative estimate of drug-likeness (QED) is 0.908. The normalized spacial score (nSPS) is 14.6. The Morgan fingerprint density at radius 2 is 2.27 bits per heavy atom. The number of nitrogens with one attached hydrogen (secondary N) is 1. The Labute approximate surface area is 138 Å². The number of halogens is 1. The van der Waals surface area contributed by atoms with Gasteiger partial charge in [-0.05, 0) is 24.2 Å². The summed E-state index contributed by atoms with van der Waals surface area (Å²) >= 11 is 3.43. The second kappa shape index (κ2) is 6.62. The summed E-state index contributed by atoms with van der Waals surface area (Å²) in [5, 5.41) is 2.93. The zero-order chi connectivity index (χ0) is 15.5. The SMILES string of the molecule is CCN1CCn2cc(C(=O)NCc3cccc(Br)c3)nc2C1. The van der Waals surface area contributed by atoms with Gasteiger partial charge in [0.25, 0.3) is 5.91 Å². The van der Waals surface area contributed by atoms with Gasteiger partial charge in [-0.15, -0.1) is 0 Å². The molecular formula is C16H19BrN4O. The Kier molecular flexibility index (Phi) is 4.59. The zero-order valence-corrected chi connectivity index (χ0v) is 14.1. The van der Waals surface area contributed by atoms with E-state index in [0.29, 0.717) is 12.2 Å². The molecule has 0 aliphatic carbocycles. The van der Waals surface area contributed by atoms with Gasteiger partial charge < -0.3 is 9.88 Å². The molecule has 0 unspecified atom stereocenters. The van der Waals surface area contributed by atoms with Crippen LogP contribution in [0.2, 0.25) is 0 Å². The van der Waals surface area contributed by atoms with Gasteiger partial charge in [0.15, 0.2) is 0 Å². The van der Waals surface area contributed by atoms with Crippen LogP contribution in [0.5, 0.6) is 0 Å². The largest absolute Gasteiger partial charge is 0.347 e. The number of fused-ring (bicyclic) bond motifs is 1. The summed E-state index contributed by atoms with van der Waals surface area (Å²) in [4.78, 5) is 19.1. The van der Waals surface area contributed by atoms with E-state index in [9.17, 15) is 4.79 Å². The molecule has 1 aromatic heterocycles. The minimum absolute atomic E-state index is 0.120. The fraction of sp³-hybridized carbons (Fsp3) is 0.375. The minimum Gasteiger partial charge on any atom is -0.347 e. The standard InChI is InChI=1S/C16H19BrN4O/c1-2-20-6-7-21-10-14(19-15(21)11-20)16(22)18-9-12-4-3-5-13(17)8-12/h3-5,8,10H,2,6-7,9,11H2,1H3,(H,18,22). The number of hydrogen-bond acceptors (Lipinski definition) is 3. The molecule has 1 N–H and O–H groups in total. The molecule has 2 heterocycles. The van der Waals surface area contributed by atoms with Crippen LogP contribution in [0.1, 0.15) is 28.8 Å². The van der Waals surface area contributed by atoms with Gasteiger partial charge in [0, 0.05) is 30.3 Å². The van der Waals surface area contributed by atoms with E-state index in [1.165, 1.54) is 0 Å². The van der Waals surface area contributed by atoms with Crippen LogP contribution >= 0.6 is 15.9 Å². The van der Waals surface area contributed by atoms with Crippen LogP contribution in [-0.4, -0.2) is 33.4 Å². The van der Waals surface area contributed by atoms with Crippen LogP contribution in [0.25, 0.3) is 0 Å². The number of carbonyl (C=O) groups is 1. The third-order valence-corrected chi connectivity index (χ3v) is 4.40. The van der Waals surface area contributed by atoms with Gasteiger partial charge in [-0.2, -0.15) is 0 Å². The third kappa shape index (κ3) is 3.39. The Morgan fingerprint density at radius 3 is 3.05 bits per heavy atom. The van der Waals surface area contributed by atoms with Crippen LogP contribution in [0.4, 0.5) is 0 Å². The maximum absolute atomic E-state index is 12.3. The van der Waals surface area contributed by atoms with Gasteiger partial charge >= 0.3 is 0 Å². The Bertz CT molecular complexity index is 683. The first-order valence-corrected chi connectivity index (χ1v) is 8.26. The van der Waals surface area contributed by atoms with E-state index >= 15 is 0 Å². The summed E-state index contributed by atoms with van der Waals surface area (Å²) < 4.78 is 3.09. The first-order chi connectivity index (χ1) is 10.7. The van der Waals surface area contributed by atoms with Crippen LogP contribution in [0.3, 0.4) is 0 Å². The van der Waals surface area contributed by atoms with Crippen molar-refractivity contribution in [3.63, 3.8) is 0 Å². The van der Waals surface area contributed by atoms with E-state index in [2.05, 4.69) is 42.6 Å². The van der Waals surface area contributed by atoms with Crippen molar-refractivity contribution >= 4 is 21.8 Å². The number of nitrogens with zero attached hydrogens (tertiary/aromatic N) is 3. The number of aromatic nitrogens is 2. The van der Waals surface area contributed by atoms with Crippen LogP contribution in [-0.2, 0) is 19.6 Å². The van der Waals surface area contributed by atoms with Crippen LogP contribution < -0.4 is 5.32 Å². The van der Waals surface area contributed by atoms with Crippen molar-refractivity contribution in [3.8, 4) is 0 Å². The number of rotatable bonds is 4. The lowest BCUT2D eigenvalue weighted by Crippen LogP contribution is -2.33. The summed E-state index contributed by atoms with van der Waals surface area (Å²) in [6.45, 7) is 6.38. The molecule has 0 fully saturated rings. The molecular weight excluding hydrogens is 344 g/mol. The van der Waals surface area contributed by atoms with Crippen molar-refractivity contribution in [1.29, 1.82) is 0 Å². The van der Waals surface area contributed by atoms with Crippen molar-refractivity contribution in [2.24, 2.45) is 0 Å². The van der Waals surface area contributed by atoms with E-state index in [4.69, 9.17) is 0 Å². The molecule has 0 saturated heterocycles. The van der Waals surface area contributed by atoms with Gasteiger partial charge in [0.1, 0.15) is 11.5 Å². The average molecular weight is 363 g/mol. The Hall–Kier alpha value is -1.66. The monoisotopic (exact) mass is 362 g/mol. The molecule has 1 amide bonds. The van der Waals surface area contributed by atoms with E-state index in [-0.39, 0.29) is 5.91 Å². The lowest BCUT2D eigenvalue weighted by molar-refractivity contribution is 0.0946. The fourth-order valence-corrected chi connectivity index (χ4v) is 3.05. The van der Waals surface area contributed by atoms with Crippen LogP contribution in [0.15, 0.2) is 34.9 Å². The number of hydrogen-bond donors (Lipinski definition) is 1. The molecule has 1 aliphatic heterocycles. The van der Waals surface area contributed by atoms with Gasteiger partial charge in [-0.1, -0.05) is 35.0 Å². The predicted octanol–water partition coefficient (Wildman–Crippen LogP) is 2.41.